The summed E-state index contributed by atoms with van der Waals surface area (Å²) in [6.45, 7) is 9.98. The number of carbonyl (C=O) groups excluding carboxylic acids is 1. The van der Waals surface area contributed by atoms with E-state index in [0.29, 0.717) is 19.7 Å². The average Bonchev–Trinajstić information content (AvgIpc) is 2.63. The number of methoxy groups -OCH3 is 1. The van der Waals surface area contributed by atoms with Gasteiger partial charge in [0, 0.05) is 26.1 Å². The van der Waals surface area contributed by atoms with Gasteiger partial charge in [0.25, 0.3) is 0 Å². The summed E-state index contributed by atoms with van der Waals surface area (Å²) in [5.74, 6) is 0.199. The Hall–Kier alpha value is -0.610. The molecule has 1 fully saturated rings. The Balaban J connectivity index is 2.67. The first-order valence-electron chi connectivity index (χ1n) is 6.19. The molecule has 1 N–H and O–H groups in total. The molecule has 4 heteroatoms. The molecular weight excluding hydrogens is 218 g/mol. The highest BCUT2D eigenvalue weighted by Gasteiger charge is 2.68. The van der Waals surface area contributed by atoms with Crippen molar-refractivity contribution in [1.82, 2.24) is 4.90 Å². The summed E-state index contributed by atoms with van der Waals surface area (Å²) in [4.78, 5) is 14.1. The zero-order valence-electron chi connectivity index (χ0n) is 11.6. The topological polar surface area (TPSA) is 49.8 Å². The minimum atomic E-state index is 0.00301. The summed E-state index contributed by atoms with van der Waals surface area (Å²) < 4.78 is 5.00. The summed E-state index contributed by atoms with van der Waals surface area (Å²) in [5, 5.41) is 9.01. The Bertz CT molecular complexity index is 272. The molecule has 1 amide bonds. The number of amides is 1. The van der Waals surface area contributed by atoms with Crippen molar-refractivity contribution in [2.75, 3.05) is 33.4 Å². The Morgan fingerprint density at radius 2 is 1.76 bits per heavy atom. The van der Waals surface area contributed by atoms with Crippen molar-refractivity contribution >= 4 is 5.91 Å². The summed E-state index contributed by atoms with van der Waals surface area (Å²) in [7, 11) is 1.62. The third kappa shape index (κ3) is 2.47. The lowest BCUT2D eigenvalue weighted by molar-refractivity contribution is -0.135. The first-order valence-corrected chi connectivity index (χ1v) is 6.19. The fourth-order valence-corrected chi connectivity index (χ4v) is 2.65. The molecular formula is C13H25NO3. The largest absolute Gasteiger partial charge is 0.395 e. The third-order valence-corrected chi connectivity index (χ3v) is 4.51. The number of hydrogen-bond donors (Lipinski definition) is 1. The van der Waals surface area contributed by atoms with E-state index in [1.807, 2.05) is 0 Å². The van der Waals surface area contributed by atoms with Crippen LogP contribution in [0.2, 0.25) is 0 Å². The van der Waals surface area contributed by atoms with Gasteiger partial charge in [-0.05, 0) is 10.8 Å². The molecule has 1 aliphatic rings. The number of carbonyl (C=O) groups is 1. The van der Waals surface area contributed by atoms with Crippen molar-refractivity contribution in [2.45, 2.75) is 27.7 Å². The lowest BCUT2D eigenvalue weighted by Crippen LogP contribution is -2.38. The molecule has 17 heavy (non-hydrogen) atoms. The second-order valence-corrected chi connectivity index (χ2v) is 5.92. The second-order valence-electron chi connectivity index (χ2n) is 5.92. The third-order valence-electron chi connectivity index (χ3n) is 4.51. The molecule has 1 saturated carbocycles. The molecule has 0 aromatic rings. The van der Waals surface area contributed by atoms with E-state index in [0.717, 1.165) is 0 Å². The molecule has 0 radical (unpaired) electrons. The van der Waals surface area contributed by atoms with E-state index in [1.165, 1.54) is 0 Å². The quantitative estimate of drug-likeness (QED) is 0.761. The molecule has 0 bridgehead atoms. The molecule has 4 nitrogen and oxygen atoms in total. The minimum Gasteiger partial charge on any atom is -0.395 e. The van der Waals surface area contributed by atoms with Crippen molar-refractivity contribution in [1.29, 1.82) is 0 Å². The van der Waals surface area contributed by atoms with Gasteiger partial charge in [0.1, 0.15) is 0 Å². The van der Waals surface area contributed by atoms with Gasteiger partial charge in [-0.3, -0.25) is 4.79 Å². The van der Waals surface area contributed by atoms with Crippen molar-refractivity contribution in [3.8, 4) is 0 Å². The van der Waals surface area contributed by atoms with Crippen LogP contribution in [0.15, 0.2) is 0 Å². The monoisotopic (exact) mass is 243 g/mol. The Morgan fingerprint density at radius 3 is 2.12 bits per heavy atom. The van der Waals surface area contributed by atoms with E-state index in [2.05, 4.69) is 27.7 Å². The second kappa shape index (κ2) is 4.94. The predicted molar refractivity (Wildman–Crippen MR) is 66.6 cm³/mol. The van der Waals surface area contributed by atoms with Crippen LogP contribution in [0.4, 0.5) is 0 Å². The van der Waals surface area contributed by atoms with Gasteiger partial charge in [-0.2, -0.15) is 0 Å². The van der Waals surface area contributed by atoms with E-state index in [-0.39, 0.29) is 29.3 Å². The van der Waals surface area contributed by atoms with Gasteiger partial charge in [-0.1, -0.05) is 27.7 Å². The maximum absolute atomic E-state index is 12.4. The molecule has 0 aliphatic heterocycles. The first-order chi connectivity index (χ1) is 7.80. The SMILES string of the molecule is COCCN(CCO)C(=O)C1C(C)(C)C1(C)C. The summed E-state index contributed by atoms with van der Waals surface area (Å²) in [5.41, 5.74) is 0.0930. The van der Waals surface area contributed by atoms with Gasteiger partial charge >= 0.3 is 0 Å². The van der Waals surface area contributed by atoms with E-state index >= 15 is 0 Å². The van der Waals surface area contributed by atoms with Gasteiger partial charge in [0.15, 0.2) is 0 Å². The molecule has 0 aromatic carbocycles. The molecule has 0 aromatic heterocycles. The highest BCUT2D eigenvalue weighted by atomic mass is 16.5. The number of rotatable bonds is 6. The number of ether oxygens (including phenoxy) is 1. The normalized spacial score (nSPS) is 21.3. The van der Waals surface area contributed by atoms with Crippen molar-refractivity contribution < 1.29 is 14.6 Å². The molecule has 1 aliphatic carbocycles. The van der Waals surface area contributed by atoms with Crippen LogP contribution in [0.1, 0.15) is 27.7 Å². The number of nitrogens with zero attached hydrogens (tertiary/aromatic N) is 1. The van der Waals surface area contributed by atoms with Gasteiger partial charge in [0.2, 0.25) is 5.91 Å². The van der Waals surface area contributed by atoms with Crippen LogP contribution in [0.25, 0.3) is 0 Å². The highest BCUT2D eigenvalue weighted by Crippen LogP contribution is 2.68. The first kappa shape index (κ1) is 14.5. The van der Waals surface area contributed by atoms with E-state index < -0.39 is 0 Å². The maximum Gasteiger partial charge on any atom is 0.226 e. The molecule has 0 spiro atoms. The van der Waals surface area contributed by atoms with E-state index in [9.17, 15) is 4.79 Å². The van der Waals surface area contributed by atoms with Crippen molar-refractivity contribution in [3.05, 3.63) is 0 Å². The van der Waals surface area contributed by atoms with Crippen LogP contribution >= 0.6 is 0 Å². The summed E-state index contributed by atoms with van der Waals surface area (Å²) in [6.07, 6.45) is 0. The van der Waals surface area contributed by atoms with Crippen LogP contribution in [-0.4, -0.2) is 49.3 Å². The lowest BCUT2D eigenvalue weighted by atomic mass is 10.0. The van der Waals surface area contributed by atoms with Gasteiger partial charge < -0.3 is 14.7 Å². The fourth-order valence-electron chi connectivity index (χ4n) is 2.65. The van der Waals surface area contributed by atoms with Crippen LogP contribution < -0.4 is 0 Å². The van der Waals surface area contributed by atoms with Crippen LogP contribution in [0, 0.1) is 16.7 Å². The van der Waals surface area contributed by atoms with Gasteiger partial charge in [0.05, 0.1) is 13.2 Å². The summed E-state index contributed by atoms with van der Waals surface area (Å²) in [6, 6.07) is 0. The molecule has 100 valence electrons. The molecule has 0 atom stereocenters. The molecule has 0 heterocycles. The smallest absolute Gasteiger partial charge is 0.226 e. The minimum absolute atomic E-state index is 0.00301. The van der Waals surface area contributed by atoms with Crippen molar-refractivity contribution in [2.24, 2.45) is 16.7 Å². The molecule has 1 rings (SSSR count). The van der Waals surface area contributed by atoms with Crippen LogP contribution in [0.3, 0.4) is 0 Å². The number of aliphatic hydroxyl groups excluding tert-OH is 1. The Kier molecular flexibility index (Phi) is 4.20. The van der Waals surface area contributed by atoms with Crippen molar-refractivity contribution in [3.63, 3.8) is 0 Å². The lowest BCUT2D eigenvalue weighted by Gasteiger charge is -2.22. The standard InChI is InChI=1S/C13H25NO3/c1-12(2)10(13(12,3)4)11(16)14(6-8-15)7-9-17-5/h10,15H,6-9H2,1-5H3. The zero-order chi connectivity index (χ0) is 13.3. The van der Waals surface area contributed by atoms with Gasteiger partial charge in [-0.25, -0.2) is 0 Å². The Morgan fingerprint density at radius 1 is 1.24 bits per heavy atom. The number of hydrogen-bond acceptors (Lipinski definition) is 3. The molecule has 0 saturated heterocycles. The van der Waals surface area contributed by atoms with E-state index in [1.54, 1.807) is 12.0 Å². The maximum atomic E-state index is 12.4. The van der Waals surface area contributed by atoms with Gasteiger partial charge in [-0.15, -0.1) is 0 Å². The highest BCUT2D eigenvalue weighted by molar-refractivity contribution is 5.84. The fraction of sp³-hybridized carbons (Fsp3) is 0.923. The van der Waals surface area contributed by atoms with E-state index in [4.69, 9.17) is 9.84 Å². The number of aliphatic hydroxyl groups is 1. The van der Waals surface area contributed by atoms with Crippen LogP contribution in [-0.2, 0) is 9.53 Å². The summed E-state index contributed by atoms with van der Waals surface area (Å²) >= 11 is 0. The Labute approximate surface area is 104 Å². The zero-order valence-corrected chi connectivity index (χ0v) is 11.6. The average molecular weight is 243 g/mol. The molecule has 0 unspecified atom stereocenters. The van der Waals surface area contributed by atoms with Crippen LogP contribution in [0.5, 0.6) is 0 Å². The predicted octanol–water partition coefficient (Wildman–Crippen LogP) is 1.14.